The number of benzene rings is 1. The zero-order valence-corrected chi connectivity index (χ0v) is 11.4. The third kappa shape index (κ3) is 3.07. The van der Waals surface area contributed by atoms with Crippen molar-refractivity contribution in [1.29, 1.82) is 0 Å². The summed E-state index contributed by atoms with van der Waals surface area (Å²) in [5.41, 5.74) is 3.02. The molecule has 2 heteroatoms. The number of fused-ring (bicyclic) bond motifs is 1. The highest BCUT2D eigenvalue weighted by atomic mass is 16.3. The van der Waals surface area contributed by atoms with Gasteiger partial charge in [0.25, 0.3) is 0 Å². The summed E-state index contributed by atoms with van der Waals surface area (Å²) in [6.45, 7) is 2.27. The lowest BCUT2D eigenvalue weighted by molar-refractivity contribution is 0.417. The molecule has 0 saturated carbocycles. The first-order valence-electron chi connectivity index (χ1n) is 7.16. The van der Waals surface area contributed by atoms with Gasteiger partial charge in [-0.05, 0) is 49.4 Å². The molecule has 0 bridgehead atoms. The fourth-order valence-corrected chi connectivity index (χ4v) is 2.98. The summed E-state index contributed by atoms with van der Waals surface area (Å²) in [4.78, 5) is 0. The van der Waals surface area contributed by atoms with Gasteiger partial charge in [-0.25, -0.2) is 0 Å². The lowest BCUT2D eigenvalue weighted by Gasteiger charge is -2.18. The molecule has 0 amide bonds. The maximum Gasteiger partial charge on any atom is 0.103 e. The highest BCUT2D eigenvalue weighted by Gasteiger charge is 2.21. The quantitative estimate of drug-likeness (QED) is 0.886. The van der Waals surface area contributed by atoms with Crippen LogP contribution in [0.2, 0.25) is 0 Å². The third-order valence-electron chi connectivity index (χ3n) is 3.98. The molecule has 1 N–H and O–H groups in total. The summed E-state index contributed by atoms with van der Waals surface area (Å²) < 4.78 is 5.38. The van der Waals surface area contributed by atoms with Crippen molar-refractivity contribution in [3.8, 4) is 0 Å². The van der Waals surface area contributed by atoms with E-state index in [-0.39, 0.29) is 0 Å². The topological polar surface area (TPSA) is 25.2 Å². The van der Waals surface area contributed by atoms with Crippen molar-refractivity contribution in [2.24, 2.45) is 0 Å². The van der Waals surface area contributed by atoms with Gasteiger partial charge in [0.1, 0.15) is 5.76 Å². The van der Waals surface area contributed by atoms with Crippen molar-refractivity contribution < 1.29 is 4.42 Å². The molecular weight excluding hydrogens is 234 g/mol. The fraction of sp³-hybridized carbons (Fsp3) is 0.412. The molecule has 0 saturated heterocycles. The smallest absolute Gasteiger partial charge is 0.103 e. The molecule has 3 rings (SSSR count). The van der Waals surface area contributed by atoms with Gasteiger partial charge in [0.2, 0.25) is 0 Å². The lowest BCUT2D eigenvalue weighted by atomic mass is 10.1. The van der Waals surface area contributed by atoms with Gasteiger partial charge in [0, 0.05) is 18.5 Å². The summed E-state index contributed by atoms with van der Waals surface area (Å²) >= 11 is 0. The van der Waals surface area contributed by atoms with Gasteiger partial charge in [-0.1, -0.05) is 24.3 Å². The Morgan fingerprint density at radius 1 is 1.16 bits per heavy atom. The van der Waals surface area contributed by atoms with Crippen LogP contribution >= 0.6 is 0 Å². The highest BCUT2D eigenvalue weighted by molar-refractivity contribution is 5.33. The molecule has 0 spiro atoms. The van der Waals surface area contributed by atoms with E-state index >= 15 is 0 Å². The molecule has 1 aromatic carbocycles. The van der Waals surface area contributed by atoms with E-state index < -0.39 is 0 Å². The largest absolute Gasteiger partial charge is 0.469 e. The molecule has 2 nitrogen and oxygen atoms in total. The Kier molecular flexibility index (Phi) is 3.69. The number of hydrogen-bond acceptors (Lipinski definition) is 2. The van der Waals surface area contributed by atoms with E-state index in [0.717, 1.165) is 18.6 Å². The van der Waals surface area contributed by atoms with E-state index in [1.807, 2.05) is 6.07 Å². The molecule has 1 heterocycles. The van der Waals surface area contributed by atoms with E-state index in [9.17, 15) is 0 Å². The Labute approximate surface area is 114 Å². The van der Waals surface area contributed by atoms with Gasteiger partial charge < -0.3 is 9.73 Å². The third-order valence-corrected chi connectivity index (χ3v) is 3.98. The van der Waals surface area contributed by atoms with E-state index in [1.165, 1.54) is 24.0 Å². The van der Waals surface area contributed by atoms with Crippen molar-refractivity contribution in [2.75, 3.05) is 0 Å². The van der Waals surface area contributed by atoms with Crippen LogP contribution in [0.5, 0.6) is 0 Å². The minimum absolute atomic E-state index is 0.532. The maximum absolute atomic E-state index is 5.38. The molecule has 1 aliphatic carbocycles. The molecule has 1 atom stereocenters. The Morgan fingerprint density at radius 3 is 2.53 bits per heavy atom. The van der Waals surface area contributed by atoms with Crippen molar-refractivity contribution in [3.63, 3.8) is 0 Å². The standard InChI is InChI=1S/C17H21NO/c1-13(8-9-17-7-4-10-19-17)18-16-11-14-5-2-3-6-15(14)12-16/h2-7,10,13,16,18H,8-9,11-12H2,1H3. The second kappa shape index (κ2) is 5.62. The van der Waals surface area contributed by atoms with Crippen LogP contribution in [0.15, 0.2) is 47.1 Å². The average Bonchev–Trinajstić information content (AvgIpc) is 3.04. The summed E-state index contributed by atoms with van der Waals surface area (Å²) in [5.74, 6) is 1.09. The number of furan rings is 1. The summed E-state index contributed by atoms with van der Waals surface area (Å²) in [7, 11) is 0. The maximum atomic E-state index is 5.38. The molecular formula is C17H21NO. The molecule has 1 unspecified atom stereocenters. The number of rotatable bonds is 5. The molecule has 0 fully saturated rings. The number of hydrogen-bond donors (Lipinski definition) is 1. The number of aryl methyl sites for hydroxylation is 1. The average molecular weight is 255 g/mol. The van der Waals surface area contributed by atoms with Crippen molar-refractivity contribution >= 4 is 0 Å². The Hall–Kier alpha value is -1.54. The molecule has 2 aromatic rings. The molecule has 100 valence electrons. The molecule has 0 radical (unpaired) electrons. The van der Waals surface area contributed by atoms with E-state index in [0.29, 0.717) is 12.1 Å². The lowest BCUT2D eigenvalue weighted by Crippen LogP contribution is -2.37. The minimum Gasteiger partial charge on any atom is -0.469 e. The second-order valence-electron chi connectivity index (χ2n) is 5.56. The number of nitrogens with one attached hydrogen (secondary N) is 1. The first-order valence-corrected chi connectivity index (χ1v) is 7.16. The molecule has 0 aliphatic heterocycles. The Balaban J connectivity index is 1.48. The van der Waals surface area contributed by atoms with Crippen LogP contribution in [0.25, 0.3) is 0 Å². The summed E-state index contributed by atoms with van der Waals surface area (Å²) in [6, 6.07) is 13.9. The van der Waals surface area contributed by atoms with E-state index in [1.54, 1.807) is 6.26 Å². The summed E-state index contributed by atoms with van der Waals surface area (Å²) in [5, 5.41) is 3.75. The van der Waals surface area contributed by atoms with Crippen LogP contribution < -0.4 is 5.32 Å². The normalized spacial score (nSPS) is 16.5. The van der Waals surface area contributed by atoms with Crippen LogP contribution in [-0.4, -0.2) is 12.1 Å². The zero-order chi connectivity index (χ0) is 13.1. The van der Waals surface area contributed by atoms with Crippen molar-refractivity contribution in [1.82, 2.24) is 5.32 Å². The fourth-order valence-electron chi connectivity index (χ4n) is 2.98. The predicted molar refractivity (Wildman–Crippen MR) is 77.3 cm³/mol. The van der Waals surface area contributed by atoms with Gasteiger partial charge in [-0.2, -0.15) is 0 Å². The van der Waals surface area contributed by atoms with Gasteiger partial charge in [0.05, 0.1) is 6.26 Å². The first-order chi connectivity index (χ1) is 9.31. The first kappa shape index (κ1) is 12.5. The van der Waals surface area contributed by atoms with Crippen molar-refractivity contribution in [2.45, 2.75) is 44.7 Å². The van der Waals surface area contributed by atoms with Gasteiger partial charge in [-0.3, -0.25) is 0 Å². The van der Waals surface area contributed by atoms with E-state index in [2.05, 4.69) is 42.6 Å². The highest BCUT2D eigenvalue weighted by Crippen LogP contribution is 2.22. The van der Waals surface area contributed by atoms with Crippen LogP contribution in [0.3, 0.4) is 0 Å². The van der Waals surface area contributed by atoms with Crippen LogP contribution in [0, 0.1) is 0 Å². The van der Waals surface area contributed by atoms with Gasteiger partial charge >= 0.3 is 0 Å². The molecule has 19 heavy (non-hydrogen) atoms. The SMILES string of the molecule is CC(CCc1ccco1)NC1Cc2ccccc2C1. The monoisotopic (exact) mass is 255 g/mol. The molecule has 1 aliphatic rings. The van der Waals surface area contributed by atoms with Crippen LogP contribution in [0.4, 0.5) is 0 Å². The predicted octanol–water partition coefficient (Wildman–Crippen LogP) is 3.36. The Bertz CT molecular complexity index is 493. The minimum atomic E-state index is 0.532. The van der Waals surface area contributed by atoms with Gasteiger partial charge in [0.15, 0.2) is 0 Å². The zero-order valence-electron chi connectivity index (χ0n) is 11.4. The van der Waals surface area contributed by atoms with E-state index in [4.69, 9.17) is 4.42 Å². The second-order valence-corrected chi connectivity index (χ2v) is 5.56. The Morgan fingerprint density at radius 2 is 1.89 bits per heavy atom. The van der Waals surface area contributed by atoms with Crippen molar-refractivity contribution in [3.05, 3.63) is 59.5 Å². The van der Waals surface area contributed by atoms with Crippen LogP contribution in [-0.2, 0) is 19.3 Å². The molecule has 1 aromatic heterocycles. The van der Waals surface area contributed by atoms with Gasteiger partial charge in [-0.15, -0.1) is 0 Å². The van der Waals surface area contributed by atoms with Crippen LogP contribution in [0.1, 0.15) is 30.2 Å². The summed E-state index contributed by atoms with van der Waals surface area (Å²) in [6.07, 6.45) is 6.23.